The molecule has 4 heteroatoms. The molecule has 0 saturated carbocycles. The first-order chi connectivity index (χ1) is 6.86. The minimum Gasteiger partial charge on any atom is -0.436 e. The highest BCUT2D eigenvalue weighted by atomic mass is 35.5. The van der Waals surface area contributed by atoms with Crippen molar-refractivity contribution in [3.63, 3.8) is 0 Å². The SMILES string of the molecule is Clc1ccnnc1Oc1ccccc1. The minimum absolute atomic E-state index is 0.320. The average molecular weight is 207 g/mol. The van der Waals surface area contributed by atoms with Crippen LogP contribution in [0.2, 0.25) is 5.02 Å². The number of halogens is 1. The number of aromatic nitrogens is 2. The molecule has 70 valence electrons. The molecule has 0 amide bonds. The van der Waals surface area contributed by atoms with E-state index in [0.717, 1.165) is 0 Å². The fourth-order valence-electron chi connectivity index (χ4n) is 0.973. The van der Waals surface area contributed by atoms with Crippen molar-refractivity contribution in [2.45, 2.75) is 0 Å². The molecule has 3 nitrogen and oxygen atoms in total. The van der Waals surface area contributed by atoms with E-state index in [2.05, 4.69) is 10.2 Å². The topological polar surface area (TPSA) is 35.0 Å². The van der Waals surface area contributed by atoms with E-state index in [-0.39, 0.29) is 0 Å². The first-order valence-electron chi connectivity index (χ1n) is 4.06. The normalized spacial score (nSPS) is 9.79. The zero-order valence-electron chi connectivity index (χ0n) is 7.22. The Bertz CT molecular complexity index is 419. The Hall–Kier alpha value is -1.61. The summed E-state index contributed by atoms with van der Waals surface area (Å²) < 4.78 is 5.40. The van der Waals surface area contributed by atoms with Gasteiger partial charge in [0.05, 0.1) is 6.20 Å². The van der Waals surface area contributed by atoms with Gasteiger partial charge in [-0.25, -0.2) is 0 Å². The molecule has 0 aliphatic heterocycles. The van der Waals surface area contributed by atoms with Crippen LogP contribution >= 0.6 is 11.6 Å². The molecule has 0 spiro atoms. The van der Waals surface area contributed by atoms with Gasteiger partial charge in [0, 0.05) is 0 Å². The first-order valence-corrected chi connectivity index (χ1v) is 4.44. The Kier molecular flexibility index (Phi) is 2.60. The zero-order chi connectivity index (χ0) is 9.80. The third-order valence-corrected chi connectivity index (χ3v) is 1.89. The molecule has 14 heavy (non-hydrogen) atoms. The summed E-state index contributed by atoms with van der Waals surface area (Å²) in [5, 5.41) is 7.90. The van der Waals surface area contributed by atoms with Crippen molar-refractivity contribution in [1.29, 1.82) is 0 Å². The van der Waals surface area contributed by atoms with Crippen molar-refractivity contribution in [2.24, 2.45) is 0 Å². The van der Waals surface area contributed by atoms with E-state index < -0.39 is 0 Å². The second-order valence-electron chi connectivity index (χ2n) is 2.60. The predicted octanol–water partition coefficient (Wildman–Crippen LogP) is 2.92. The first kappa shape index (κ1) is 8.97. The number of nitrogens with zero attached hydrogens (tertiary/aromatic N) is 2. The van der Waals surface area contributed by atoms with E-state index >= 15 is 0 Å². The molecular formula is C10H7ClN2O. The van der Waals surface area contributed by atoms with E-state index in [0.29, 0.717) is 16.7 Å². The van der Waals surface area contributed by atoms with Crippen LogP contribution in [0.1, 0.15) is 0 Å². The number of hydrogen-bond acceptors (Lipinski definition) is 3. The lowest BCUT2D eigenvalue weighted by molar-refractivity contribution is 0.455. The van der Waals surface area contributed by atoms with E-state index in [9.17, 15) is 0 Å². The Morgan fingerprint density at radius 2 is 1.86 bits per heavy atom. The number of benzene rings is 1. The van der Waals surface area contributed by atoms with E-state index in [1.165, 1.54) is 6.20 Å². The van der Waals surface area contributed by atoms with Crippen LogP contribution in [0.3, 0.4) is 0 Å². The molecule has 0 bridgehead atoms. The van der Waals surface area contributed by atoms with E-state index in [1.807, 2.05) is 30.3 Å². The molecule has 1 heterocycles. The lowest BCUT2D eigenvalue weighted by Gasteiger charge is -2.03. The van der Waals surface area contributed by atoms with Gasteiger partial charge < -0.3 is 4.74 Å². The summed E-state index contributed by atoms with van der Waals surface area (Å²) in [5.74, 6) is 1.01. The molecule has 2 aromatic rings. The third kappa shape index (κ3) is 2.00. The molecule has 0 radical (unpaired) electrons. The Balaban J connectivity index is 2.24. The monoisotopic (exact) mass is 206 g/mol. The smallest absolute Gasteiger partial charge is 0.257 e. The van der Waals surface area contributed by atoms with Crippen molar-refractivity contribution in [3.05, 3.63) is 47.6 Å². The molecular weight excluding hydrogens is 200 g/mol. The zero-order valence-corrected chi connectivity index (χ0v) is 7.98. The second kappa shape index (κ2) is 4.07. The van der Waals surface area contributed by atoms with Crippen molar-refractivity contribution in [2.75, 3.05) is 0 Å². The average Bonchev–Trinajstić information content (AvgIpc) is 2.23. The third-order valence-electron chi connectivity index (χ3n) is 1.60. The van der Waals surface area contributed by atoms with Crippen LogP contribution in [0.15, 0.2) is 42.6 Å². The second-order valence-corrected chi connectivity index (χ2v) is 3.01. The van der Waals surface area contributed by atoms with Gasteiger partial charge in [-0.3, -0.25) is 0 Å². The van der Waals surface area contributed by atoms with Crippen LogP contribution in [0.4, 0.5) is 0 Å². The Morgan fingerprint density at radius 1 is 1.07 bits per heavy atom. The molecule has 0 saturated heterocycles. The highest BCUT2D eigenvalue weighted by Gasteiger charge is 2.03. The number of rotatable bonds is 2. The van der Waals surface area contributed by atoms with Gasteiger partial charge in [0.1, 0.15) is 10.8 Å². The maximum absolute atomic E-state index is 5.85. The minimum atomic E-state index is 0.320. The summed E-state index contributed by atoms with van der Waals surface area (Å²) >= 11 is 5.85. The summed E-state index contributed by atoms with van der Waals surface area (Å²) in [6.07, 6.45) is 1.51. The lowest BCUT2D eigenvalue weighted by Crippen LogP contribution is -1.90. The maximum atomic E-state index is 5.85. The molecule has 0 unspecified atom stereocenters. The molecule has 0 fully saturated rings. The molecule has 0 N–H and O–H groups in total. The summed E-state index contributed by atoms with van der Waals surface area (Å²) in [4.78, 5) is 0. The standard InChI is InChI=1S/C10H7ClN2O/c11-9-6-7-12-13-10(9)14-8-4-2-1-3-5-8/h1-7H. The molecule has 1 aromatic heterocycles. The van der Waals surface area contributed by atoms with Crippen molar-refractivity contribution < 1.29 is 4.74 Å². The van der Waals surface area contributed by atoms with Crippen LogP contribution in [0.5, 0.6) is 11.6 Å². The number of para-hydroxylation sites is 1. The van der Waals surface area contributed by atoms with Crippen LogP contribution in [0, 0.1) is 0 Å². The molecule has 0 aliphatic carbocycles. The fourth-order valence-corrected chi connectivity index (χ4v) is 1.11. The number of hydrogen-bond donors (Lipinski definition) is 0. The summed E-state index contributed by atoms with van der Waals surface area (Å²) in [7, 11) is 0. The van der Waals surface area contributed by atoms with Gasteiger partial charge in [0.2, 0.25) is 0 Å². The predicted molar refractivity (Wildman–Crippen MR) is 53.6 cm³/mol. The van der Waals surface area contributed by atoms with Gasteiger partial charge in [-0.15, -0.1) is 5.10 Å². The van der Waals surface area contributed by atoms with Crippen molar-refractivity contribution >= 4 is 11.6 Å². The van der Waals surface area contributed by atoms with Crippen molar-refractivity contribution in [3.8, 4) is 11.6 Å². The maximum Gasteiger partial charge on any atom is 0.257 e. The lowest BCUT2D eigenvalue weighted by atomic mass is 10.3. The summed E-state index contributed by atoms with van der Waals surface area (Å²) in [5.41, 5.74) is 0. The van der Waals surface area contributed by atoms with Gasteiger partial charge in [0.15, 0.2) is 0 Å². The fraction of sp³-hybridized carbons (Fsp3) is 0. The van der Waals surface area contributed by atoms with Crippen LogP contribution in [-0.4, -0.2) is 10.2 Å². The van der Waals surface area contributed by atoms with Crippen molar-refractivity contribution in [1.82, 2.24) is 10.2 Å². The van der Waals surface area contributed by atoms with E-state index in [1.54, 1.807) is 6.07 Å². The van der Waals surface area contributed by atoms with Gasteiger partial charge in [-0.05, 0) is 18.2 Å². The molecule has 0 atom stereocenters. The summed E-state index contributed by atoms with van der Waals surface area (Å²) in [6.45, 7) is 0. The number of ether oxygens (including phenoxy) is 1. The van der Waals surface area contributed by atoms with Gasteiger partial charge >= 0.3 is 0 Å². The highest BCUT2D eigenvalue weighted by Crippen LogP contribution is 2.24. The van der Waals surface area contributed by atoms with Gasteiger partial charge in [-0.1, -0.05) is 29.8 Å². The quantitative estimate of drug-likeness (QED) is 0.758. The Labute approximate surface area is 86.3 Å². The molecule has 2 rings (SSSR count). The molecule has 1 aromatic carbocycles. The van der Waals surface area contributed by atoms with Crippen LogP contribution in [0.25, 0.3) is 0 Å². The van der Waals surface area contributed by atoms with Crippen LogP contribution in [-0.2, 0) is 0 Å². The Morgan fingerprint density at radius 3 is 2.57 bits per heavy atom. The van der Waals surface area contributed by atoms with Gasteiger partial charge in [-0.2, -0.15) is 5.10 Å². The van der Waals surface area contributed by atoms with E-state index in [4.69, 9.17) is 16.3 Å². The molecule has 0 aliphatic rings. The highest BCUT2D eigenvalue weighted by molar-refractivity contribution is 6.31. The van der Waals surface area contributed by atoms with Crippen LogP contribution < -0.4 is 4.74 Å². The largest absolute Gasteiger partial charge is 0.436 e. The summed E-state index contributed by atoms with van der Waals surface area (Å²) in [6, 6.07) is 10.9. The van der Waals surface area contributed by atoms with Gasteiger partial charge in [0.25, 0.3) is 5.88 Å².